The van der Waals surface area contributed by atoms with E-state index in [0.717, 1.165) is 0 Å². The SMILES string of the molecule is C[C@H](CNC(=O)OC(C)(C)C)C(=O)Nc1cccc(C(=O)c2ccccc2)c1. The first kappa shape index (κ1) is 21.2. The average Bonchev–Trinajstić information content (AvgIpc) is 2.65. The molecule has 0 saturated heterocycles. The predicted molar refractivity (Wildman–Crippen MR) is 108 cm³/mol. The quantitative estimate of drug-likeness (QED) is 0.739. The molecule has 6 heteroatoms. The zero-order chi connectivity index (χ0) is 20.7. The maximum absolute atomic E-state index is 12.5. The molecule has 0 unspecified atom stereocenters. The molecule has 2 aromatic rings. The lowest BCUT2D eigenvalue weighted by atomic mass is 10.0. The second-order valence-corrected chi connectivity index (χ2v) is 7.55. The van der Waals surface area contributed by atoms with E-state index < -0.39 is 17.6 Å². The van der Waals surface area contributed by atoms with Crippen LogP contribution in [-0.2, 0) is 9.53 Å². The number of ketones is 1. The fourth-order valence-corrected chi connectivity index (χ4v) is 2.40. The molecule has 1 atom stereocenters. The van der Waals surface area contributed by atoms with Crippen molar-refractivity contribution in [2.75, 3.05) is 11.9 Å². The molecule has 0 spiro atoms. The van der Waals surface area contributed by atoms with Gasteiger partial charge in [0.25, 0.3) is 0 Å². The van der Waals surface area contributed by atoms with Gasteiger partial charge in [0.15, 0.2) is 5.78 Å². The first-order valence-electron chi connectivity index (χ1n) is 9.13. The van der Waals surface area contributed by atoms with E-state index in [-0.39, 0.29) is 18.2 Å². The lowest BCUT2D eigenvalue weighted by Crippen LogP contribution is -2.37. The molecule has 2 amide bonds. The Morgan fingerprint density at radius 2 is 1.61 bits per heavy atom. The van der Waals surface area contributed by atoms with Crippen molar-refractivity contribution >= 4 is 23.5 Å². The Morgan fingerprint density at radius 1 is 0.964 bits per heavy atom. The van der Waals surface area contributed by atoms with Gasteiger partial charge in [-0.3, -0.25) is 9.59 Å². The van der Waals surface area contributed by atoms with Gasteiger partial charge in [0.05, 0.1) is 5.92 Å². The third-order valence-corrected chi connectivity index (χ3v) is 3.83. The Bertz CT molecular complexity index is 841. The van der Waals surface area contributed by atoms with Crippen molar-refractivity contribution < 1.29 is 19.1 Å². The number of hydrogen-bond acceptors (Lipinski definition) is 4. The van der Waals surface area contributed by atoms with E-state index in [1.165, 1.54) is 0 Å². The number of ether oxygens (including phenoxy) is 1. The van der Waals surface area contributed by atoms with Gasteiger partial charge in [-0.05, 0) is 32.9 Å². The lowest BCUT2D eigenvalue weighted by Gasteiger charge is -2.20. The number of carbonyl (C=O) groups excluding carboxylic acids is 3. The zero-order valence-corrected chi connectivity index (χ0v) is 16.6. The van der Waals surface area contributed by atoms with Crippen LogP contribution in [0.25, 0.3) is 0 Å². The predicted octanol–water partition coefficient (Wildman–Crippen LogP) is 4.02. The van der Waals surface area contributed by atoms with Crippen LogP contribution in [-0.4, -0.2) is 29.9 Å². The third kappa shape index (κ3) is 6.54. The highest BCUT2D eigenvalue weighted by molar-refractivity contribution is 6.09. The zero-order valence-electron chi connectivity index (χ0n) is 16.6. The monoisotopic (exact) mass is 382 g/mol. The van der Waals surface area contributed by atoms with Gasteiger partial charge in [-0.25, -0.2) is 4.79 Å². The summed E-state index contributed by atoms with van der Waals surface area (Å²) in [5.41, 5.74) is 1.00. The summed E-state index contributed by atoms with van der Waals surface area (Å²) < 4.78 is 5.15. The minimum Gasteiger partial charge on any atom is -0.444 e. The van der Waals surface area contributed by atoms with E-state index in [0.29, 0.717) is 16.8 Å². The molecule has 0 bridgehead atoms. The van der Waals surface area contributed by atoms with Crippen LogP contribution in [0.5, 0.6) is 0 Å². The van der Waals surface area contributed by atoms with Crippen molar-refractivity contribution in [1.82, 2.24) is 5.32 Å². The number of amides is 2. The maximum atomic E-state index is 12.5. The van der Waals surface area contributed by atoms with E-state index in [4.69, 9.17) is 4.74 Å². The number of nitrogens with one attached hydrogen (secondary N) is 2. The summed E-state index contributed by atoms with van der Waals surface area (Å²) in [4.78, 5) is 36.6. The summed E-state index contributed by atoms with van der Waals surface area (Å²) in [6.07, 6.45) is -0.567. The van der Waals surface area contributed by atoms with E-state index in [1.54, 1.807) is 76.2 Å². The van der Waals surface area contributed by atoms with Gasteiger partial charge in [-0.1, -0.05) is 49.4 Å². The Labute approximate surface area is 165 Å². The molecule has 0 fully saturated rings. The van der Waals surface area contributed by atoms with Gasteiger partial charge in [0, 0.05) is 23.4 Å². The summed E-state index contributed by atoms with van der Waals surface area (Å²) in [6, 6.07) is 15.7. The molecule has 28 heavy (non-hydrogen) atoms. The van der Waals surface area contributed by atoms with Crippen molar-refractivity contribution in [3.8, 4) is 0 Å². The summed E-state index contributed by atoms with van der Waals surface area (Å²) >= 11 is 0. The van der Waals surface area contributed by atoms with Crippen LogP contribution in [0.2, 0.25) is 0 Å². The van der Waals surface area contributed by atoms with Gasteiger partial charge in [-0.2, -0.15) is 0 Å². The summed E-state index contributed by atoms with van der Waals surface area (Å²) in [5.74, 6) is -0.849. The fourth-order valence-electron chi connectivity index (χ4n) is 2.40. The lowest BCUT2D eigenvalue weighted by molar-refractivity contribution is -0.119. The topological polar surface area (TPSA) is 84.5 Å². The van der Waals surface area contributed by atoms with Gasteiger partial charge < -0.3 is 15.4 Å². The van der Waals surface area contributed by atoms with Crippen molar-refractivity contribution in [1.29, 1.82) is 0 Å². The number of hydrogen-bond donors (Lipinski definition) is 2. The largest absolute Gasteiger partial charge is 0.444 e. The molecule has 2 rings (SSSR count). The number of carbonyl (C=O) groups is 3. The van der Waals surface area contributed by atoms with E-state index in [9.17, 15) is 14.4 Å². The van der Waals surface area contributed by atoms with E-state index >= 15 is 0 Å². The van der Waals surface area contributed by atoms with Crippen molar-refractivity contribution in [3.63, 3.8) is 0 Å². The normalized spacial score (nSPS) is 12.0. The van der Waals surface area contributed by atoms with Crippen LogP contribution in [0.4, 0.5) is 10.5 Å². The van der Waals surface area contributed by atoms with Gasteiger partial charge in [-0.15, -0.1) is 0 Å². The Morgan fingerprint density at radius 3 is 2.25 bits per heavy atom. The Balaban J connectivity index is 1.95. The molecule has 0 aliphatic rings. The van der Waals surface area contributed by atoms with Gasteiger partial charge >= 0.3 is 6.09 Å². The highest BCUT2D eigenvalue weighted by Crippen LogP contribution is 2.16. The first-order chi connectivity index (χ1) is 13.2. The summed E-state index contributed by atoms with van der Waals surface area (Å²) in [6.45, 7) is 7.15. The number of benzene rings is 2. The molecule has 148 valence electrons. The van der Waals surface area contributed by atoms with Crippen LogP contribution in [0.1, 0.15) is 43.6 Å². The summed E-state index contributed by atoms with van der Waals surface area (Å²) in [7, 11) is 0. The molecule has 0 radical (unpaired) electrons. The minimum atomic E-state index is -0.596. The van der Waals surface area contributed by atoms with E-state index in [2.05, 4.69) is 10.6 Å². The third-order valence-electron chi connectivity index (χ3n) is 3.83. The van der Waals surface area contributed by atoms with Crippen molar-refractivity contribution in [3.05, 3.63) is 65.7 Å². The molecular formula is C22H26N2O4. The summed E-state index contributed by atoms with van der Waals surface area (Å²) in [5, 5.41) is 5.36. The highest BCUT2D eigenvalue weighted by atomic mass is 16.6. The molecule has 0 aliphatic carbocycles. The molecule has 0 heterocycles. The second-order valence-electron chi connectivity index (χ2n) is 7.55. The molecule has 0 aliphatic heterocycles. The van der Waals surface area contributed by atoms with Crippen LogP contribution in [0.3, 0.4) is 0 Å². The number of rotatable bonds is 6. The fraction of sp³-hybridized carbons (Fsp3) is 0.318. The number of anilines is 1. The first-order valence-corrected chi connectivity index (χ1v) is 9.13. The standard InChI is InChI=1S/C22H26N2O4/c1-15(14-23-21(27)28-22(2,3)4)20(26)24-18-12-8-11-17(13-18)19(25)16-9-6-5-7-10-16/h5-13,15H,14H2,1-4H3,(H,23,27)(H,24,26)/t15-/m1/s1. The van der Waals surface area contributed by atoms with Crippen LogP contribution < -0.4 is 10.6 Å². The van der Waals surface area contributed by atoms with Crippen LogP contribution >= 0.6 is 0 Å². The average molecular weight is 382 g/mol. The van der Waals surface area contributed by atoms with Crippen molar-refractivity contribution in [2.24, 2.45) is 5.92 Å². The maximum Gasteiger partial charge on any atom is 0.407 e. The van der Waals surface area contributed by atoms with Crippen LogP contribution in [0, 0.1) is 5.92 Å². The minimum absolute atomic E-state index is 0.115. The molecule has 0 aromatic heterocycles. The highest BCUT2D eigenvalue weighted by Gasteiger charge is 2.19. The molecule has 0 saturated carbocycles. The number of alkyl carbamates (subject to hydrolysis) is 1. The van der Waals surface area contributed by atoms with Crippen LogP contribution in [0.15, 0.2) is 54.6 Å². The van der Waals surface area contributed by atoms with Gasteiger partial charge in [0.1, 0.15) is 5.60 Å². The molecule has 6 nitrogen and oxygen atoms in total. The molecule has 2 N–H and O–H groups in total. The molecular weight excluding hydrogens is 356 g/mol. The van der Waals surface area contributed by atoms with Crippen molar-refractivity contribution in [2.45, 2.75) is 33.3 Å². The second kappa shape index (κ2) is 9.17. The Kier molecular flexibility index (Phi) is 6.93. The Hall–Kier alpha value is -3.15. The van der Waals surface area contributed by atoms with Gasteiger partial charge in [0.2, 0.25) is 5.91 Å². The smallest absolute Gasteiger partial charge is 0.407 e. The van der Waals surface area contributed by atoms with E-state index in [1.807, 2.05) is 6.07 Å². The molecule has 2 aromatic carbocycles.